The summed E-state index contributed by atoms with van der Waals surface area (Å²) in [6.45, 7) is 3.75. The first-order valence-corrected chi connectivity index (χ1v) is 11.4. The van der Waals surface area contributed by atoms with Crippen molar-refractivity contribution in [2.24, 2.45) is 5.41 Å². The lowest BCUT2D eigenvalue weighted by molar-refractivity contribution is -0.124. The van der Waals surface area contributed by atoms with Crippen LogP contribution >= 0.6 is 31.9 Å². The number of hydroxylamine groups is 1. The van der Waals surface area contributed by atoms with E-state index in [9.17, 15) is 14.7 Å². The molecule has 0 aliphatic carbocycles. The number of nitrogens with zero attached hydrogens (tertiary/aromatic N) is 1. The van der Waals surface area contributed by atoms with E-state index < -0.39 is 23.5 Å². The van der Waals surface area contributed by atoms with Crippen molar-refractivity contribution in [3.05, 3.63) is 68.6 Å². The molecular formula is C23H23Br2N3O5. The number of halogens is 2. The second kappa shape index (κ2) is 11.8. The minimum atomic E-state index is -0.857. The summed E-state index contributed by atoms with van der Waals surface area (Å²) in [4.78, 5) is 23.9. The van der Waals surface area contributed by atoms with Crippen LogP contribution in [0.2, 0.25) is 0 Å². The topological polar surface area (TPSA) is 132 Å². The zero-order valence-corrected chi connectivity index (χ0v) is 21.1. The molecule has 2 rings (SSSR count). The summed E-state index contributed by atoms with van der Waals surface area (Å²) in [5, 5.41) is 30.8. The van der Waals surface area contributed by atoms with Crippen LogP contribution in [0.1, 0.15) is 43.9 Å². The molecule has 0 saturated heterocycles. The predicted octanol–water partition coefficient (Wildman–Crippen LogP) is 5.95. The van der Waals surface area contributed by atoms with Gasteiger partial charge in [-0.15, -0.1) is 0 Å². The van der Waals surface area contributed by atoms with Crippen molar-refractivity contribution in [2.75, 3.05) is 5.32 Å². The number of nitrogens with one attached hydrogen (secondary N) is 2. The molecule has 0 saturated carbocycles. The second-order valence-electron chi connectivity index (χ2n) is 7.83. The molecule has 33 heavy (non-hydrogen) atoms. The minimum Gasteiger partial charge on any atom is -0.506 e. The van der Waals surface area contributed by atoms with E-state index in [2.05, 4.69) is 37.2 Å². The van der Waals surface area contributed by atoms with Gasteiger partial charge in [0, 0.05) is 27.2 Å². The number of hydrogen-bond donors (Lipinski definition) is 4. The largest absolute Gasteiger partial charge is 0.506 e. The molecule has 0 unspecified atom stereocenters. The summed E-state index contributed by atoms with van der Waals surface area (Å²) in [7, 11) is 0. The minimum absolute atomic E-state index is 0.0577. The molecule has 1 atom stereocenters. The Kier molecular flexibility index (Phi) is 9.46. The predicted molar refractivity (Wildman–Crippen MR) is 130 cm³/mol. The van der Waals surface area contributed by atoms with Gasteiger partial charge < -0.3 is 9.84 Å². The Labute approximate surface area is 208 Å². The molecule has 0 radical (unpaired) electrons. The Morgan fingerprint density at radius 1 is 1.24 bits per heavy atom. The van der Waals surface area contributed by atoms with Gasteiger partial charge in [0.2, 0.25) is 0 Å². The Morgan fingerprint density at radius 2 is 1.91 bits per heavy atom. The number of carbonyl (C=O) groups excluding carboxylic acids is 2. The van der Waals surface area contributed by atoms with Gasteiger partial charge in [0.1, 0.15) is 11.9 Å². The molecular weight excluding hydrogens is 558 g/mol. The lowest BCUT2D eigenvalue weighted by Crippen LogP contribution is -2.29. The normalized spacial score (nSPS) is 12.1. The lowest BCUT2D eigenvalue weighted by Gasteiger charge is -2.34. The van der Waals surface area contributed by atoms with Crippen LogP contribution in [0.25, 0.3) is 0 Å². The third kappa shape index (κ3) is 7.60. The fourth-order valence-corrected chi connectivity index (χ4v) is 4.38. The van der Waals surface area contributed by atoms with Crippen molar-refractivity contribution in [1.29, 1.82) is 5.26 Å². The molecule has 10 heteroatoms. The zero-order valence-electron chi connectivity index (χ0n) is 17.9. The fraction of sp³-hybridized carbons (Fsp3) is 0.261. The lowest BCUT2D eigenvalue weighted by atomic mass is 9.78. The number of anilines is 1. The van der Waals surface area contributed by atoms with E-state index in [0.29, 0.717) is 38.6 Å². The Bertz CT molecular complexity index is 1080. The standard InChI is InChI=1S/C23H23Br2N3O5/c1-23(2,10-4-3-5-19(29)28-32)21(17-11-15(24)12-18(25)20(17)30)33-22(31)27-16-8-6-14(13-26)7-9-16/h3,5-9,11-12,21,30,32H,4,10H2,1-2H3,(H,27,31)(H,28,29)/b5-3+/t21-/m1/s1. The quantitative estimate of drug-likeness (QED) is 0.173. The zero-order chi connectivity index (χ0) is 24.6. The summed E-state index contributed by atoms with van der Waals surface area (Å²) in [6.07, 6.45) is 2.15. The van der Waals surface area contributed by atoms with Crippen LogP contribution in [0.5, 0.6) is 5.75 Å². The number of ether oxygens (including phenoxy) is 1. The third-order valence-corrected chi connectivity index (χ3v) is 5.93. The van der Waals surface area contributed by atoms with Gasteiger partial charge in [0.05, 0.1) is 16.1 Å². The number of nitriles is 1. The van der Waals surface area contributed by atoms with Crippen molar-refractivity contribution < 1.29 is 24.6 Å². The molecule has 0 heterocycles. The molecule has 0 aliphatic heterocycles. The van der Waals surface area contributed by atoms with Crippen LogP contribution in [0.3, 0.4) is 0 Å². The first-order valence-electron chi connectivity index (χ1n) is 9.83. The number of carbonyl (C=O) groups is 2. The molecule has 0 bridgehead atoms. The summed E-state index contributed by atoms with van der Waals surface area (Å²) < 4.78 is 6.90. The highest BCUT2D eigenvalue weighted by Crippen LogP contribution is 2.46. The number of hydrogen-bond acceptors (Lipinski definition) is 6. The summed E-state index contributed by atoms with van der Waals surface area (Å²) in [5.41, 5.74) is 2.16. The number of rotatable bonds is 8. The maximum atomic E-state index is 12.7. The highest BCUT2D eigenvalue weighted by molar-refractivity contribution is 9.11. The van der Waals surface area contributed by atoms with Gasteiger partial charge in [-0.05, 0) is 65.2 Å². The van der Waals surface area contributed by atoms with Crippen molar-refractivity contribution >= 4 is 49.5 Å². The van der Waals surface area contributed by atoms with Crippen molar-refractivity contribution in [3.8, 4) is 11.8 Å². The molecule has 0 spiro atoms. The van der Waals surface area contributed by atoms with Crippen LogP contribution in [0, 0.1) is 16.7 Å². The number of phenolic OH excluding ortho intramolecular Hbond substituents is 1. The molecule has 174 valence electrons. The molecule has 0 aliphatic rings. The fourth-order valence-electron chi connectivity index (χ4n) is 3.13. The number of allylic oxidation sites excluding steroid dienone is 1. The van der Waals surface area contributed by atoms with E-state index in [-0.39, 0.29) is 5.75 Å². The first-order chi connectivity index (χ1) is 15.6. The van der Waals surface area contributed by atoms with Gasteiger partial charge in [-0.3, -0.25) is 15.3 Å². The number of aromatic hydroxyl groups is 1. The average Bonchev–Trinajstić information content (AvgIpc) is 2.78. The van der Waals surface area contributed by atoms with E-state index in [0.717, 1.165) is 0 Å². The SMILES string of the molecule is CC(C)(CC/C=C/C(=O)NO)[C@H](OC(=O)Nc1ccc(C#N)cc1)c1cc(Br)cc(Br)c1O. The van der Waals surface area contributed by atoms with Gasteiger partial charge in [-0.1, -0.05) is 35.9 Å². The van der Waals surface area contributed by atoms with Crippen LogP contribution in [0.4, 0.5) is 10.5 Å². The van der Waals surface area contributed by atoms with Gasteiger partial charge in [-0.2, -0.15) is 5.26 Å². The Balaban J connectivity index is 2.30. The van der Waals surface area contributed by atoms with Crippen LogP contribution in [-0.4, -0.2) is 22.3 Å². The van der Waals surface area contributed by atoms with E-state index in [4.69, 9.17) is 15.2 Å². The van der Waals surface area contributed by atoms with Crippen molar-refractivity contribution in [1.82, 2.24) is 5.48 Å². The van der Waals surface area contributed by atoms with Crippen molar-refractivity contribution in [3.63, 3.8) is 0 Å². The molecule has 0 aromatic heterocycles. The highest BCUT2D eigenvalue weighted by atomic mass is 79.9. The molecule has 8 nitrogen and oxygen atoms in total. The van der Waals surface area contributed by atoms with Gasteiger partial charge >= 0.3 is 6.09 Å². The van der Waals surface area contributed by atoms with Crippen LogP contribution < -0.4 is 10.8 Å². The number of phenols is 1. The second-order valence-corrected chi connectivity index (χ2v) is 9.60. The Morgan fingerprint density at radius 3 is 2.52 bits per heavy atom. The molecule has 2 aromatic rings. The van der Waals surface area contributed by atoms with E-state index in [1.165, 1.54) is 11.6 Å². The summed E-state index contributed by atoms with van der Waals surface area (Å²) in [6, 6.07) is 11.7. The summed E-state index contributed by atoms with van der Waals surface area (Å²) >= 11 is 6.71. The third-order valence-electron chi connectivity index (χ3n) is 4.87. The van der Waals surface area contributed by atoms with Gasteiger partial charge in [-0.25, -0.2) is 10.3 Å². The van der Waals surface area contributed by atoms with E-state index in [1.807, 2.05) is 19.9 Å². The number of amides is 2. The van der Waals surface area contributed by atoms with Crippen LogP contribution in [0.15, 0.2) is 57.5 Å². The number of benzene rings is 2. The summed E-state index contributed by atoms with van der Waals surface area (Å²) in [5.74, 6) is -0.700. The maximum absolute atomic E-state index is 12.7. The smallest absolute Gasteiger partial charge is 0.412 e. The van der Waals surface area contributed by atoms with E-state index in [1.54, 1.807) is 42.5 Å². The molecule has 2 aromatic carbocycles. The van der Waals surface area contributed by atoms with Crippen LogP contribution in [-0.2, 0) is 9.53 Å². The monoisotopic (exact) mass is 579 g/mol. The van der Waals surface area contributed by atoms with Crippen molar-refractivity contribution in [2.45, 2.75) is 32.8 Å². The van der Waals surface area contributed by atoms with Gasteiger partial charge in [0.15, 0.2) is 0 Å². The highest BCUT2D eigenvalue weighted by Gasteiger charge is 2.36. The molecule has 2 amide bonds. The van der Waals surface area contributed by atoms with E-state index >= 15 is 0 Å². The van der Waals surface area contributed by atoms with Gasteiger partial charge in [0.25, 0.3) is 5.91 Å². The molecule has 0 fully saturated rings. The first kappa shape index (κ1) is 26.4. The average molecular weight is 581 g/mol. The Hall–Kier alpha value is -2.87. The molecule has 4 N–H and O–H groups in total. The maximum Gasteiger partial charge on any atom is 0.412 e.